The average molecular weight is 165 g/mol. The molecule has 0 radical (unpaired) electrons. The van der Waals surface area contributed by atoms with Gasteiger partial charge in [0.25, 0.3) is 0 Å². The number of rotatable bonds is 0. The van der Waals surface area contributed by atoms with E-state index >= 15 is 0 Å². The monoisotopic (exact) mass is 164 g/mol. The van der Waals surface area contributed by atoms with Crippen LogP contribution in [0.25, 0.3) is 0 Å². The molecule has 1 N–H and O–H groups in total. The molecule has 0 spiro atoms. The summed E-state index contributed by atoms with van der Waals surface area (Å²) in [6, 6.07) is 6.36. The molecular weight excluding hydrogens is 159 g/mol. The minimum absolute atomic E-state index is 0. The summed E-state index contributed by atoms with van der Waals surface area (Å²) in [6.45, 7) is 0. The van der Waals surface area contributed by atoms with Gasteiger partial charge in [-0.3, -0.25) is 0 Å². The topological polar surface area (TPSA) is 20.2 Å². The highest BCUT2D eigenvalue weighted by molar-refractivity contribution is 6.30. The first kappa shape index (κ1) is 8.60. The largest absolute Gasteiger partial charge is 0.508 e. The molecule has 0 bridgehead atoms. The second kappa shape index (κ2) is 3.59. The molecule has 0 aliphatic carbocycles. The van der Waals surface area contributed by atoms with Crippen LogP contribution in [0.4, 0.5) is 0 Å². The van der Waals surface area contributed by atoms with Gasteiger partial charge in [-0.25, -0.2) is 0 Å². The van der Waals surface area contributed by atoms with Crippen LogP contribution >= 0.6 is 24.0 Å². The second-order valence-electron chi connectivity index (χ2n) is 1.48. The quantitative estimate of drug-likeness (QED) is 0.625. The number of phenols is 1. The number of hydrogen-bond donors (Lipinski definition) is 1. The third-order valence-electron chi connectivity index (χ3n) is 0.827. The lowest BCUT2D eigenvalue weighted by molar-refractivity contribution is 0.475. The van der Waals surface area contributed by atoms with Crippen molar-refractivity contribution < 1.29 is 5.11 Å². The van der Waals surface area contributed by atoms with Crippen LogP contribution in [0.1, 0.15) is 0 Å². The standard InChI is InChI=1S/C6H5ClO.ClH/c7-5-1-3-6(8)4-2-5;/h1-4,8H;1H. The molecule has 0 amide bonds. The van der Waals surface area contributed by atoms with Crippen molar-refractivity contribution in [1.29, 1.82) is 0 Å². The third kappa shape index (κ3) is 2.59. The van der Waals surface area contributed by atoms with Gasteiger partial charge in [0.1, 0.15) is 5.75 Å². The Bertz CT molecular complexity index is 150. The van der Waals surface area contributed by atoms with Crippen molar-refractivity contribution >= 4 is 24.0 Å². The molecule has 0 saturated carbocycles. The van der Waals surface area contributed by atoms with E-state index in [2.05, 4.69) is 0 Å². The second-order valence-corrected chi connectivity index (χ2v) is 1.91. The molecule has 0 saturated heterocycles. The van der Waals surface area contributed by atoms with Crippen LogP contribution in [0.3, 0.4) is 0 Å². The Labute approximate surface area is 64.7 Å². The Morgan fingerprint density at radius 2 is 1.56 bits per heavy atom. The van der Waals surface area contributed by atoms with Crippen molar-refractivity contribution in [3.05, 3.63) is 29.3 Å². The van der Waals surface area contributed by atoms with Crippen LogP contribution in [0.15, 0.2) is 24.3 Å². The van der Waals surface area contributed by atoms with E-state index in [9.17, 15) is 0 Å². The summed E-state index contributed by atoms with van der Waals surface area (Å²) in [7, 11) is 0. The van der Waals surface area contributed by atoms with Gasteiger partial charge in [0.05, 0.1) is 0 Å². The van der Waals surface area contributed by atoms with Crippen LogP contribution in [0, 0.1) is 0 Å². The predicted molar refractivity (Wildman–Crippen MR) is 40.4 cm³/mol. The fourth-order valence-electron chi connectivity index (χ4n) is 0.441. The molecular formula is C6H6Cl2O. The van der Waals surface area contributed by atoms with E-state index in [1.54, 1.807) is 24.3 Å². The summed E-state index contributed by atoms with van der Waals surface area (Å²) in [5, 5.41) is 9.34. The molecule has 1 rings (SSSR count). The third-order valence-corrected chi connectivity index (χ3v) is 1.08. The SMILES string of the molecule is Cl.Oc1ccc(Cl)cc1. The normalized spacial score (nSPS) is 8.11. The van der Waals surface area contributed by atoms with Crippen molar-refractivity contribution in [2.75, 3.05) is 0 Å². The number of phenolic OH excluding ortho intramolecular Hbond substituents is 1. The van der Waals surface area contributed by atoms with E-state index in [1.165, 1.54) is 0 Å². The highest BCUT2D eigenvalue weighted by Crippen LogP contribution is 2.12. The van der Waals surface area contributed by atoms with Gasteiger partial charge in [0.15, 0.2) is 0 Å². The zero-order valence-corrected chi connectivity index (χ0v) is 6.12. The van der Waals surface area contributed by atoms with Crippen molar-refractivity contribution in [3.8, 4) is 5.75 Å². The number of hydrogen-bond acceptors (Lipinski definition) is 1. The Morgan fingerprint density at radius 3 is 1.89 bits per heavy atom. The van der Waals surface area contributed by atoms with Gasteiger partial charge in [-0.15, -0.1) is 12.4 Å². The maximum absolute atomic E-state index is 8.70. The molecule has 1 aromatic rings. The molecule has 1 nitrogen and oxygen atoms in total. The molecule has 1 aromatic carbocycles. The van der Waals surface area contributed by atoms with Gasteiger partial charge >= 0.3 is 0 Å². The lowest BCUT2D eigenvalue weighted by atomic mass is 10.3. The van der Waals surface area contributed by atoms with E-state index < -0.39 is 0 Å². The summed E-state index contributed by atoms with van der Waals surface area (Å²) in [5.41, 5.74) is 0. The molecule has 50 valence electrons. The highest BCUT2D eigenvalue weighted by atomic mass is 35.5. The zero-order valence-electron chi connectivity index (χ0n) is 4.54. The Balaban J connectivity index is 0.000000640. The van der Waals surface area contributed by atoms with E-state index in [0.717, 1.165) is 0 Å². The first-order valence-electron chi connectivity index (χ1n) is 2.23. The van der Waals surface area contributed by atoms with E-state index in [4.69, 9.17) is 16.7 Å². The fourth-order valence-corrected chi connectivity index (χ4v) is 0.567. The lowest BCUT2D eigenvalue weighted by Crippen LogP contribution is -1.61. The van der Waals surface area contributed by atoms with Gasteiger partial charge in [-0.1, -0.05) is 11.6 Å². The summed E-state index contributed by atoms with van der Waals surface area (Å²) in [4.78, 5) is 0. The van der Waals surface area contributed by atoms with Crippen molar-refractivity contribution in [1.82, 2.24) is 0 Å². The van der Waals surface area contributed by atoms with Gasteiger partial charge in [0.2, 0.25) is 0 Å². The van der Waals surface area contributed by atoms with E-state index in [1.807, 2.05) is 0 Å². The van der Waals surface area contributed by atoms with Gasteiger partial charge in [0, 0.05) is 5.02 Å². The average Bonchev–Trinajstić information content (AvgIpc) is 1.77. The number of aromatic hydroxyl groups is 1. The fraction of sp³-hybridized carbons (Fsp3) is 0. The maximum atomic E-state index is 8.70. The van der Waals surface area contributed by atoms with E-state index in [-0.39, 0.29) is 18.2 Å². The molecule has 3 heteroatoms. The first-order valence-corrected chi connectivity index (χ1v) is 2.61. The van der Waals surface area contributed by atoms with Crippen LogP contribution < -0.4 is 0 Å². The van der Waals surface area contributed by atoms with Crippen molar-refractivity contribution in [2.45, 2.75) is 0 Å². The molecule has 0 atom stereocenters. The van der Waals surface area contributed by atoms with Crippen LogP contribution in [0.5, 0.6) is 5.75 Å². The first-order chi connectivity index (χ1) is 3.79. The Kier molecular flexibility index (Phi) is 3.43. The smallest absolute Gasteiger partial charge is 0.115 e. The van der Waals surface area contributed by atoms with Gasteiger partial charge < -0.3 is 5.11 Å². The molecule has 0 fully saturated rings. The summed E-state index contributed by atoms with van der Waals surface area (Å²) in [6.07, 6.45) is 0. The number of benzene rings is 1. The van der Waals surface area contributed by atoms with Crippen LogP contribution in [-0.4, -0.2) is 5.11 Å². The molecule has 9 heavy (non-hydrogen) atoms. The van der Waals surface area contributed by atoms with Gasteiger partial charge in [-0.2, -0.15) is 0 Å². The van der Waals surface area contributed by atoms with Crippen LogP contribution in [0.2, 0.25) is 5.02 Å². The minimum atomic E-state index is 0. The lowest BCUT2D eigenvalue weighted by Gasteiger charge is -1.87. The summed E-state index contributed by atoms with van der Waals surface area (Å²) < 4.78 is 0. The van der Waals surface area contributed by atoms with Gasteiger partial charge in [-0.05, 0) is 24.3 Å². The predicted octanol–water partition coefficient (Wildman–Crippen LogP) is 2.47. The summed E-state index contributed by atoms with van der Waals surface area (Å²) in [5.74, 6) is 0.245. The van der Waals surface area contributed by atoms with Crippen molar-refractivity contribution in [3.63, 3.8) is 0 Å². The van der Waals surface area contributed by atoms with Crippen molar-refractivity contribution in [2.24, 2.45) is 0 Å². The Morgan fingerprint density at radius 1 is 1.11 bits per heavy atom. The Hall–Kier alpha value is -0.400. The molecule has 0 aromatic heterocycles. The number of halogens is 2. The summed E-state index contributed by atoms with van der Waals surface area (Å²) >= 11 is 5.50. The van der Waals surface area contributed by atoms with Crippen LogP contribution in [-0.2, 0) is 0 Å². The zero-order chi connectivity index (χ0) is 5.98. The molecule has 0 unspecified atom stereocenters. The molecule has 0 aliphatic rings. The maximum Gasteiger partial charge on any atom is 0.115 e. The molecule has 0 aliphatic heterocycles. The minimum Gasteiger partial charge on any atom is -0.508 e. The molecule has 0 heterocycles. The highest BCUT2D eigenvalue weighted by Gasteiger charge is 1.84. The van der Waals surface area contributed by atoms with E-state index in [0.29, 0.717) is 5.02 Å².